The first-order chi connectivity index (χ1) is 20.4. The van der Waals surface area contributed by atoms with Gasteiger partial charge in [0.2, 0.25) is 17.7 Å². The third-order valence-electron chi connectivity index (χ3n) is 9.09. The summed E-state index contributed by atoms with van der Waals surface area (Å²) < 4.78 is -0.718. The van der Waals surface area contributed by atoms with Crippen molar-refractivity contribution < 1.29 is 19.5 Å². The molecule has 222 valence electrons. The Morgan fingerprint density at radius 2 is 1.55 bits per heavy atom. The van der Waals surface area contributed by atoms with Crippen LogP contribution in [-0.2, 0) is 27.5 Å². The molecule has 1 spiro atoms. The Labute approximate surface area is 253 Å². The van der Waals surface area contributed by atoms with E-state index in [0.29, 0.717) is 39.0 Å². The molecule has 2 aromatic carbocycles. The van der Waals surface area contributed by atoms with Gasteiger partial charge in [0.15, 0.2) is 0 Å². The van der Waals surface area contributed by atoms with E-state index in [1.54, 1.807) is 38.6 Å². The maximum Gasteiger partial charge on any atom is 0.247 e. The molecule has 3 amide bonds. The summed E-state index contributed by atoms with van der Waals surface area (Å²) in [4.78, 5) is 48.6. The van der Waals surface area contributed by atoms with E-state index in [4.69, 9.17) is 0 Å². The summed E-state index contributed by atoms with van der Waals surface area (Å²) in [6, 6.07) is 18.4. The number of aliphatic hydroxyl groups excluding tert-OH is 1. The van der Waals surface area contributed by atoms with Gasteiger partial charge in [-0.25, -0.2) is 0 Å². The summed E-state index contributed by atoms with van der Waals surface area (Å²) in [5, 5.41) is 10.3. The Kier molecular flexibility index (Phi) is 9.23. The van der Waals surface area contributed by atoms with Crippen LogP contribution in [-0.4, -0.2) is 79.3 Å². The molecule has 42 heavy (non-hydrogen) atoms. The number of fused-ring (bicyclic) bond motifs is 1. The number of likely N-dealkylation sites (tertiary alicyclic amines) is 1. The van der Waals surface area contributed by atoms with Gasteiger partial charge in [-0.05, 0) is 30.4 Å². The number of rotatable bonds is 13. The first-order valence-corrected chi connectivity index (χ1v) is 15.8. The van der Waals surface area contributed by atoms with Crippen LogP contribution in [0.5, 0.6) is 0 Å². The molecule has 3 saturated heterocycles. The van der Waals surface area contributed by atoms with Crippen molar-refractivity contribution in [2.75, 3.05) is 19.7 Å². The summed E-state index contributed by atoms with van der Waals surface area (Å²) in [6.07, 6.45) is 5.40. The number of thioether (sulfide) groups is 1. The fourth-order valence-corrected chi connectivity index (χ4v) is 9.42. The number of hydrogen-bond donors (Lipinski definition) is 1. The van der Waals surface area contributed by atoms with Gasteiger partial charge in [-0.1, -0.05) is 79.7 Å². The van der Waals surface area contributed by atoms with Crippen LogP contribution in [0.3, 0.4) is 0 Å². The molecule has 3 fully saturated rings. The van der Waals surface area contributed by atoms with Crippen LogP contribution in [0.4, 0.5) is 0 Å². The van der Waals surface area contributed by atoms with Gasteiger partial charge in [0.25, 0.3) is 0 Å². The molecular weight excluding hydrogens is 546 g/mol. The number of hydrogen-bond acceptors (Lipinski definition) is 5. The molecule has 0 aromatic heterocycles. The lowest BCUT2D eigenvalue weighted by Gasteiger charge is -2.39. The molecule has 0 aliphatic carbocycles. The lowest BCUT2D eigenvalue weighted by atomic mass is 9.70. The maximum absolute atomic E-state index is 14.6. The summed E-state index contributed by atoms with van der Waals surface area (Å²) >= 11 is 1.66. The van der Waals surface area contributed by atoms with E-state index in [1.807, 2.05) is 67.6 Å². The highest BCUT2D eigenvalue weighted by atomic mass is 32.2. The molecule has 8 heteroatoms. The molecule has 3 aliphatic rings. The number of carbonyl (C=O) groups excluding carboxylic acids is 3. The third kappa shape index (κ3) is 5.31. The topological polar surface area (TPSA) is 81.2 Å². The summed E-state index contributed by atoms with van der Waals surface area (Å²) in [5.74, 6) is -1.53. The average Bonchev–Trinajstić information content (AvgIpc) is 3.65. The summed E-state index contributed by atoms with van der Waals surface area (Å²) in [7, 11) is 0. The van der Waals surface area contributed by atoms with Gasteiger partial charge in [-0.2, -0.15) is 0 Å². The summed E-state index contributed by atoms with van der Waals surface area (Å²) in [5.41, 5.74) is 2.00. The zero-order valence-electron chi connectivity index (χ0n) is 24.3. The van der Waals surface area contributed by atoms with Gasteiger partial charge in [0.05, 0.1) is 29.2 Å². The fourth-order valence-electron chi connectivity index (χ4n) is 7.23. The van der Waals surface area contributed by atoms with Crippen LogP contribution >= 0.6 is 11.8 Å². The van der Waals surface area contributed by atoms with E-state index < -0.39 is 28.7 Å². The monoisotopic (exact) mass is 587 g/mol. The molecule has 3 aliphatic heterocycles. The highest BCUT2D eigenvalue weighted by molar-refractivity contribution is 8.02. The van der Waals surface area contributed by atoms with Crippen LogP contribution in [0.25, 0.3) is 0 Å². The Balaban J connectivity index is 1.52. The van der Waals surface area contributed by atoms with Crippen molar-refractivity contribution in [2.24, 2.45) is 11.8 Å². The number of benzene rings is 2. The minimum Gasteiger partial charge on any atom is -0.394 e. The molecule has 1 N–H and O–H groups in total. The average molecular weight is 588 g/mol. The van der Waals surface area contributed by atoms with E-state index in [1.165, 1.54) is 0 Å². The number of carbonyl (C=O) groups is 3. The second kappa shape index (κ2) is 12.9. The highest BCUT2D eigenvalue weighted by Crippen LogP contribution is 2.67. The van der Waals surface area contributed by atoms with Crippen LogP contribution in [0, 0.1) is 11.8 Å². The van der Waals surface area contributed by atoms with Crippen molar-refractivity contribution in [1.29, 1.82) is 0 Å². The number of amides is 3. The van der Waals surface area contributed by atoms with Crippen LogP contribution < -0.4 is 0 Å². The van der Waals surface area contributed by atoms with Crippen LogP contribution in [0.2, 0.25) is 0 Å². The van der Waals surface area contributed by atoms with Gasteiger partial charge in [0.1, 0.15) is 6.04 Å². The molecule has 0 saturated carbocycles. The van der Waals surface area contributed by atoms with Crippen molar-refractivity contribution in [3.63, 3.8) is 0 Å². The Bertz CT molecular complexity index is 1300. The normalized spacial score (nSPS) is 26.5. The number of aliphatic hydroxyl groups is 1. The Morgan fingerprint density at radius 1 is 1.00 bits per heavy atom. The van der Waals surface area contributed by atoms with E-state index in [0.717, 1.165) is 17.5 Å². The maximum atomic E-state index is 14.6. The molecule has 5 rings (SSSR count). The minimum atomic E-state index is -0.759. The quantitative estimate of drug-likeness (QED) is 0.354. The predicted octanol–water partition coefficient (Wildman–Crippen LogP) is 4.28. The molecular formula is C34H41N3O4S. The molecule has 2 unspecified atom stereocenters. The molecule has 2 bridgehead atoms. The van der Waals surface area contributed by atoms with E-state index >= 15 is 0 Å². The molecule has 7 nitrogen and oxygen atoms in total. The van der Waals surface area contributed by atoms with E-state index in [-0.39, 0.29) is 29.6 Å². The van der Waals surface area contributed by atoms with E-state index in [2.05, 4.69) is 13.2 Å². The van der Waals surface area contributed by atoms with Gasteiger partial charge < -0.3 is 19.8 Å². The highest BCUT2D eigenvalue weighted by Gasteiger charge is 2.74. The van der Waals surface area contributed by atoms with Crippen molar-refractivity contribution in [2.45, 2.75) is 61.4 Å². The van der Waals surface area contributed by atoms with Gasteiger partial charge >= 0.3 is 0 Å². The largest absolute Gasteiger partial charge is 0.394 e. The zero-order chi connectivity index (χ0) is 29.9. The first kappa shape index (κ1) is 30.1. The van der Waals surface area contributed by atoms with Crippen molar-refractivity contribution in [3.05, 3.63) is 97.1 Å². The Morgan fingerprint density at radius 3 is 2.05 bits per heavy atom. The Hall–Kier alpha value is -3.36. The SMILES string of the molecule is C=CCN(Cc1ccccc1)C(=O)C1N([C@@H](CC)CO)C(=O)[C@@H]2[C@@H](C(=O)N(CC=C)Cc3ccccc3)[C@H]3CCC12S3. The first-order valence-electron chi connectivity index (χ1n) is 14.9. The molecule has 3 heterocycles. The van der Waals surface area contributed by atoms with Crippen molar-refractivity contribution >= 4 is 29.5 Å². The van der Waals surface area contributed by atoms with Gasteiger partial charge in [0, 0.05) is 31.4 Å². The predicted molar refractivity (Wildman–Crippen MR) is 166 cm³/mol. The second-order valence-corrected chi connectivity index (χ2v) is 13.1. The minimum absolute atomic E-state index is 0.0387. The summed E-state index contributed by atoms with van der Waals surface area (Å²) in [6.45, 7) is 11.0. The van der Waals surface area contributed by atoms with Crippen molar-refractivity contribution in [3.8, 4) is 0 Å². The molecule has 2 aromatic rings. The third-order valence-corrected chi connectivity index (χ3v) is 11.0. The fraction of sp³-hybridized carbons (Fsp3) is 0.441. The lowest BCUT2D eigenvalue weighted by molar-refractivity contribution is -0.147. The second-order valence-electron chi connectivity index (χ2n) is 11.5. The van der Waals surface area contributed by atoms with E-state index in [9.17, 15) is 19.5 Å². The molecule has 6 atom stereocenters. The smallest absolute Gasteiger partial charge is 0.247 e. The van der Waals surface area contributed by atoms with Gasteiger partial charge in [-0.15, -0.1) is 24.9 Å². The standard InChI is InChI=1S/C34H41N3O4S/c1-4-19-35(21-24-13-9-7-10-14-24)31(39)28-27-17-18-34(42-27)29(28)32(40)37(26(6-3)23-38)30(34)33(41)36(20-5-2)22-25-15-11-8-12-16-25/h4-5,7-16,26-30,38H,1-2,6,17-23H2,3H3/t26-,27+,28-,29-,30?,34?/m0/s1. The van der Waals surface area contributed by atoms with Crippen LogP contribution in [0.15, 0.2) is 86.0 Å². The van der Waals surface area contributed by atoms with Gasteiger partial charge in [-0.3, -0.25) is 14.4 Å². The van der Waals surface area contributed by atoms with Crippen molar-refractivity contribution in [1.82, 2.24) is 14.7 Å². The molecule has 0 radical (unpaired) electrons. The lowest BCUT2D eigenvalue weighted by Crippen LogP contribution is -2.57. The number of nitrogens with zero attached hydrogens (tertiary/aromatic N) is 3. The van der Waals surface area contributed by atoms with Crippen LogP contribution in [0.1, 0.15) is 37.3 Å². The zero-order valence-corrected chi connectivity index (χ0v) is 25.1.